The van der Waals surface area contributed by atoms with E-state index in [-0.39, 0.29) is 18.5 Å². The van der Waals surface area contributed by atoms with Gasteiger partial charge in [0.1, 0.15) is 12.2 Å². The van der Waals surface area contributed by atoms with Crippen molar-refractivity contribution in [1.29, 1.82) is 0 Å². The molecule has 0 fully saturated rings. The average molecular weight is 308 g/mol. The molecule has 5 nitrogen and oxygen atoms in total. The van der Waals surface area contributed by atoms with E-state index in [4.69, 9.17) is 4.74 Å². The summed E-state index contributed by atoms with van der Waals surface area (Å²) < 4.78 is 7.80. The van der Waals surface area contributed by atoms with Crippen molar-refractivity contribution in [2.45, 2.75) is 40.3 Å². The van der Waals surface area contributed by atoms with Gasteiger partial charge in [-0.3, -0.25) is 4.79 Å². The summed E-state index contributed by atoms with van der Waals surface area (Å²) in [7, 11) is 0. The third kappa shape index (κ3) is 3.44. The predicted molar refractivity (Wildman–Crippen MR) is 83.8 cm³/mol. The second-order valence-electron chi connectivity index (χ2n) is 5.16. The Labute approximate surface area is 127 Å². The summed E-state index contributed by atoms with van der Waals surface area (Å²) in [5.74, 6) is -0.507. The van der Waals surface area contributed by atoms with Gasteiger partial charge < -0.3 is 14.6 Å². The summed E-state index contributed by atoms with van der Waals surface area (Å²) in [6, 6.07) is 3.86. The highest BCUT2D eigenvalue weighted by Crippen LogP contribution is 2.29. The van der Waals surface area contributed by atoms with Crippen LogP contribution in [0.2, 0.25) is 0 Å². The summed E-state index contributed by atoms with van der Waals surface area (Å²) in [4.78, 5) is 25.2. The quantitative estimate of drug-likeness (QED) is 0.864. The van der Waals surface area contributed by atoms with Gasteiger partial charge in [-0.25, -0.2) is 4.79 Å². The van der Waals surface area contributed by atoms with E-state index in [1.165, 1.54) is 0 Å². The van der Waals surface area contributed by atoms with Crippen LogP contribution in [-0.2, 0) is 16.1 Å². The molecule has 1 amide bonds. The molecule has 2 aromatic rings. The fraction of sp³-hybridized carbons (Fsp3) is 0.467. The lowest BCUT2D eigenvalue weighted by atomic mass is 10.3. The van der Waals surface area contributed by atoms with Gasteiger partial charge in [0.15, 0.2) is 0 Å². The molecule has 0 atom stereocenters. The largest absolute Gasteiger partial charge is 0.461 e. The number of rotatable bonds is 5. The minimum Gasteiger partial charge on any atom is -0.461 e. The number of carbonyl (C=O) groups is 2. The second kappa shape index (κ2) is 6.30. The van der Waals surface area contributed by atoms with Crippen LogP contribution in [0.1, 0.15) is 36.1 Å². The summed E-state index contributed by atoms with van der Waals surface area (Å²) in [6.45, 7) is 8.02. The van der Waals surface area contributed by atoms with Crippen molar-refractivity contribution in [3.05, 3.63) is 22.7 Å². The van der Waals surface area contributed by atoms with Crippen LogP contribution in [0.15, 0.2) is 12.1 Å². The van der Waals surface area contributed by atoms with E-state index in [1.807, 2.05) is 26.8 Å². The number of aryl methyl sites for hydroxylation is 1. The van der Waals surface area contributed by atoms with Crippen LogP contribution in [0, 0.1) is 6.92 Å². The van der Waals surface area contributed by atoms with Crippen molar-refractivity contribution in [1.82, 2.24) is 9.88 Å². The number of ether oxygens (including phenoxy) is 1. The molecule has 2 aromatic heterocycles. The molecule has 21 heavy (non-hydrogen) atoms. The van der Waals surface area contributed by atoms with E-state index in [1.54, 1.807) is 28.9 Å². The van der Waals surface area contributed by atoms with Gasteiger partial charge in [-0.2, -0.15) is 0 Å². The molecular formula is C15H20N2O3S. The zero-order chi connectivity index (χ0) is 15.6. The van der Waals surface area contributed by atoms with Crippen LogP contribution in [0.4, 0.5) is 0 Å². The number of esters is 1. The standard InChI is InChI=1S/C15H20N2O3S/c1-5-20-15(19)12-7-13-11(6-10(4)21-13)17(12)8-14(18)16-9(2)3/h6-7,9H,5,8H2,1-4H3,(H,16,18). The molecular weight excluding hydrogens is 288 g/mol. The molecule has 0 spiro atoms. The Hall–Kier alpha value is -1.82. The molecule has 2 rings (SSSR count). The number of nitrogens with zero attached hydrogens (tertiary/aromatic N) is 1. The second-order valence-corrected chi connectivity index (χ2v) is 6.45. The molecule has 0 aromatic carbocycles. The zero-order valence-corrected chi connectivity index (χ0v) is 13.5. The molecule has 0 aliphatic rings. The third-order valence-electron chi connectivity index (χ3n) is 2.95. The fourth-order valence-corrected chi connectivity index (χ4v) is 3.18. The van der Waals surface area contributed by atoms with E-state index < -0.39 is 5.97 Å². The number of nitrogens with one attached hydrogen (secondary N) is 1. The molecule has 0 saturated heterocycles. The molecule has 0 bridgehead atoms. The smallest absolute Gasteiger partial charge is 0.355 e. The SMILES string of the molecule is CCOC(=O)c1cc2sc(C)cc2n1CC(=O)NC(C)C. The van der Waals surface area contributed by atoms with Crippen LogP contribution in [0.3, 0.4) is 0 Å². The Morgan fingerprint density at radius 3 is 2.71 bits per heavy atom. The minimum absolute atomic E-state index is 0.0683. The first-order chi connectivity index (χ1) is 9.92. The monoisotopic (exact) mass is 308 g/mol. The number of hydrogen-bond donors (Lipinski definition) is 1. The Morgan fingerprint density at radius 1 is 1.38 bits per heavy atom. The lowest BCUT2D eigenvalue weighted by Gasteiger charge is -2.12. The normalized spacial score (nSPS) is 11.1. The maximum Gasteiger partial charge on any atom is 0.355 e. The van der Waals surface area contributed by atoms with Crippen molar-refractivity contribution < 1.29 is 14.3 Å². The Morgan fingerprint density at radius 2 is 2.10 bits per heavy atom. The molecule has 2 heterocycles. The number of thiophene rings is 1. The van der Waals surface area contributed by atoms with Gasteiger partial charge in [-0.15, -0.1) is 11.3 Å². The van der Waals surface area contributed by atoms with E-state index in [9.17, 15) is 9.59 Å². The molecule has 6 heteroatoms. The molecule has 0 aliphatic heterocycles. The van der Waals surface area contributed by atoms with Crippen molar-refractivity contribution in [2.24, 2.45) is 0 Å². The maximum absolute atomic E-state index is 12.1. The number of fused-ring (bicyclic) bond motifs is 1. The van der Waals surface area contributed by atoms with Gasteiger partial charge in [0.05, 0.1) is 16.8 Å². The third-order valence-corrected chi connectivity index (χ3v) is 3.94. The van der Waals surface area contributed by atoms with Gasteiger partial charge in [0.2, 0.25) is 5.91 Å². The van der Waals surface area contributed by atoms with Gasteiger partial charge in [0.25, 0.3) is 0 Å². The number of carbonyl (C=O) groups excluding carboxylic acids is 2. The van der Waals surface area contributed by atoms with Crippen LogP contribution in [0.5, 0.6) is 0 Å². The number of hydrogen-bond acceptors (Lipinski definition) is 4. The Kier molecular flexibility index (Phi) is 4.67. The summed E-state index contributed by atoms with van der Waals surface area (Å²) in [6.07, 6.45) is 0. The van der Waals surface area contributed by atoms with E-state index in [0.717, 1.165) is 15.1 Å². The van der Waals surface area contributed by atoms with Crippen molar-refractivity contribution in [2.75, 3.05) is 6.61 Å². The first-order valence-electron chi connectivity index (χ1n) is 6.98. The number of aromatic nitrogens is 1. The fourth-order valence-electron chi connectivity index (χ4n) is 2.22. The number of amides is 1. The van der Waals surface area contributed by atoms with E-state index >= 15 is 0 Å². The highest BCUT2D eigenvalue weighted by Gasteiger charge is 2.20. The minimum atomic E-state index is -0.393. The van der Waals surface area contributed by atoms with Gasteiger partial charge in [0, 0.05) is 10.9 Å². The predicted octanol–water partition coefficient (Wildman–Crippen LogP) is 2.71. The van der Waals surface area contributed by atoms with Crippen LogP contribution >= 0.6 is 11.3 Å². The van der Waals surface area contributed by atoms with Crippen LogP contribution in [-0.4, -0.2) is 29.1 Å². The first-order valence-corrected chi connectivity index (χ1v) is 7.80. The van der Waals surface area contributed by atoms with Gasteiger partial charge >= 0.3 is 5.97 Å². The highest BCUT2D eigenvalue weighted by atomic mass is 32.1. The first kappa shape index (κ1) is 15.6. The Balaban J connectivity index is 2.39. The molecule has 1 N–H and O–H groups in total. The van der Waals surface area contributed by atoms with Crippen LogP contribution < -0.4 is 5.32 Å². The topological polar surface area (TPSA) is 60.3 Å². The molecule has 0 unspecified atom stereocenters. The lowest BCUT2D eigenvalue weighted by Crippen LogP contribution is -2.33. The maximum atomic E-state index is 12.1. The summed E-state index contributed by atoms with van der Waals surface area (Å²) >= 11 is 1.60. The van der Waals surface area contributed by atoms with Crippen molar-refractivity contribution >= 4 is 33.4 Å². The molecule has 0 saturated carbocycles. The van der Waals surface area contributed by atoms with Gasteiger partial charge in [-0.05, 0) is 39.8 Å². The van der Waals surface area contributed by atoms with E-state index in [0.29, 0.717) is 12.3 Å². The molecule has 0 aliphatic carbocycles. The Bertz CT molecular complexity index is 670. The molecule has 114 valence electrons. The van der Waals surface area contributed by atoms with Crippen molar-refractivity contribution in [3.63, 3.8) is 0 Å². The lowest BCUT2D eigenvalue weighted by molar-refractivity contribution is -0.122. The summed E-state index contributed by atoms with van der Waals surface area (Å²) in [5, 5.41) is 2.84. The summed E-state index contributed by atoms with van der Waals surface area (Å²) in [5.41, 5.74) is 1.33. The van der Waals surface area contributed by atoms with Crippen molar-refractivity contribution in [3.8, 4) is 0 Å². The van der Waals surface area contributed by atoms with Crippen LogP contribution in [0.25, 0.3) is 10.2 Å². The van der Waals surface area contributed by atoms with Gasteiger partial charge in [-0.1, -0.05) is 0 Å². The zero-order valence-electron chi connectivity index (χ0n) is 12.7. The average Bonchev–Trinajstić information content (AvgIpc) is 2.87. The molecule has 0 radical (unpaired) electrons. The highest BCUT2D eigenvalue weighted by molar-refractivity contribution is 7.19. The van der Waals surface area contributed by atoms with E-state index in [2.05, 4.69) is 5.32 Å².